The monoisotopic (exact) mass is 334 g/mol. The van der Waals surface area contributed by atoms with Crippen LogP contribution in [0.3, 0.4) is 0 Å². The fraction of sp³-hybridized carbons (Fsp3) is 0.429. The third-order valence-corrected chi connectivity index (χ3v) is 3.32. The third kappa shape index (κ3) is 3.44. The van der Waals surface area contributed by atoms with Crippen LogP contribution in [0.25, 0.3) is 0 Å². The predicted molar refractivity (Wildman–Crippen MR) is 72.1 cm³/mol. The summed E-state index contributed by atoms with van der Waals surface area (Å²) in [5.74, 6) is -1.57. The molecule has 1 N–H and O–H groups in total. The minimum absolute atomic E-state index is 0.00928. The largest absolute Gasteiger partial charge is 0.484 e. The molecule has 0 radical (unpaired) electrons. The van der Waals surface area contributed by atoms with Gasteiger partial charge in [0, 0.05) is 12.1 Å². The molecule has 1 heterocycles. The molecule has 2 rings (SSSR count). The Morgan fingerprint density at radius 1 is 1.39 bits per heavy atom. The fourth-order valence-corrected chi connectivity index (χ4v) is 2.03. The molecule has 0 aliphatic carbocycles. The summed E-state index contributed by atoms with van der Waals surface area (Å²) in [6.45, 7) is 0.795. The first kappa shape index (κ1) is 17.2. The third-order valence-electron chi connectivity index (χ3n) is 3.32. The van der Waals surface area contributed by atoms with Crippen LogP contribution >= 0.6 is 0 Å². The highest BCUT2D eigenvalue weighted by atomic mass is 19.4. The molecule has 1 atom stereocenters. The van der Waals surface area contributed by atoms with Crippen molar-refractivity contribution in [2.75, 3.05) is 6.61 Å². The zero-order valence-electron chi connectivity index (χ0n) is 12.1. The van der Waals surface area contributed by atoms with Crippen LogP contribution < -0.4 is 4.74 Å². The fourth-order valence-electron chi connectivity index (χ4n) is 2.03. The van der Waals surface area contributed by atoms with E-state index in [1.807, 2.05) is 0 Å². The zero-order valence-corrected chi connectivity index (χ0v) is 12.1. The van der Waals surface area contributed by atoms with Crippen molar-refractivity contribution in [1.82, 2.24) is 5.01 Å². The average Bonchev–Trinajstić information content (AvgIpc) is 2.85. The quantitative estimate of drug-likeness (QED) is 0.861. The molecular formula is C14H14F4N2O3. The van der Waals surface area contributed by atoms with Crippen LogP contribution in [0.2, 0.25) is 0 Å². The summed E-state index contributed by atoms with van der Waals surface area (Å²) in [5, 5.41) is 13.4. The van der Waals surface area contributed by atoms with Crippen LogP contribution in [-0.2, 0) is 4.79 Å². The van der Waals surface area contributed by atoms with Gasteiger partial charge in [-0.2, -0.15) is 23.3 Å². The van der Waals surface area contributed by atoms with E-state index in [2.05, 4.69) is 5.10 Å². The molecule has 23 heavy (non-hydrogen) atoms. The number of halogens is 4. The molecule has 1 amide bonds. The number of rotatable bonds is 4. The van der Waals surface area contributed by atoms with Crippen LogP contribution in [0.4, 0.5) is 17.6 Å². The molecular weight excluding hydrogens is 320 g/mol. The molecule has 1 aromatic rings. The maximum absolute atomic E-state index is 13.1. The number of carbonyl (C=O) groups is 1. The lowest BCUT2D eigenvalue weighted by Gasteiger charge is -2.32. The van der Waals surface area contributed by atoms with Gasteiger partial charge in [0.2, 0.25) is 0 Å². The van der Waals surface area contributed by atoms with Gasteiger partial charge in [0.15, 0.2) is 6.61 Å². The first-order valence-electron chi connectivity index (χ1n) is 6.74. The molecule has 0 saturated carbocycles. The van der Waals surface area contributed by atoms with Gasteiger partial charge in [-0.25, -0.2) is 4.39 Å². The number of alkyl halides is 3. The highest BCUT2D eigenvalue weighted by Gasteiger charge is 2.62. The normalized spacial score (nSPS) is 21.3. The lowest BCUT2D eigenvalue weighted by atomic mass is 10.1. The molecule has 126 valence electrons. The van der Waals surface area contributed by atoms with Crippen LogP contribution in [0.1, 0.15) is 19.8 Å². The summed E-state index contributed by atoms with van der Waals surface area (Å²) < 4.78 is 57.0. The number of benzene rings is 1. The summed E-state index contributed by atoms with van der Waals surface area (Å²) >= 11 is 0. The van der Waals surface area contributed by atoms with Gasteiger partial charge >= 0.3 is 6.18 Å². The Labute approximate surface area is 129 Å². The van der Waals surface area contributed by atoms with E-state index in [4.69, 9.17) is 4.74 Å². The molecule has 0 bridgehead atoms. The average molecular weight is 334 g/mol. The van der Waals surface area contributed by atoms with E-state index in [-0.39, 0.29) is 22.9 Å². The Morgan fingerprint density at radius 2 is 2.00 bits per heavy atom. The lowest BCUT2D eigenvalue weighted by molar-refractivity contribution is -0.302. The van der Waals surface area contributed by atoms with Crippen molar-refractivity contribution in [2.24, 2.45) is 5.10 Å². The van der Waals surface area contributed by atoms with Crippen molar-refractivity contribution in [3.8, 4) is 5.75 Å². The Morgan fingerprint density at radius 3 is 2.52 bits per heavy atom. The predicted octanol–water partition coefficient (Wildman–Crippen LogP) is 2.45. The second kappa shape index (κ2) is 6.15. The minimum Gasteiger partial charge on any atom is -0.484 e. The minimum atomic E-state index is -5.06. The topological polar surface area (TPSA) is 62.1 Å². The van der Waals surface area contributed by atoms with Gasteiger partial charge in [-0.1, -0.05) is 6.92 Å². The van der Waals surface area contributed by atoms with Gasteiger partial charge in [-0.05, 0) is 30.7 Å². The molecule has 0 fully saturated rings. The van der Waals surface area contributed by atoms with E-state index < -0.39 is 36.7 Å². The number of hydrazone groups is 1. The molecule has 1 aromatic carbocycles. The van der Waals surface area contributed by atoms with Gasteiger partial charge in [0.1, 0.15) is 11.6 Å². The van der Waals surface area contributed by atoms with E-state index in [1.165, 1.54) is 12.1 Å². The van der Waals surface area contributed by atoms with Crippen molar-refractivity contribution in [3.05, 3.63) is 30.1 Å². The molecule has 5 nitrogen and oxygen atoms in total. The van der Waals surface area contributed by atoms with Crippen LogP contribution in [0.5, 0.6) is 5.75 Å². The SMILES string of the molecule is CCC1=NN(C(=O)COc2ccc(F)cc2)[C@@](O)(C(F)(F)F)C1. The second-order valence-electron chi connectivity index (χ2n) is 4.96. The van der Waals surface area contributed by atoms with Crippen molar-refractivity contribution >= 4 is 11.6 Å². The summed E-state index contributed by atoms with van der Waals surface area (Å²) in [5.41, 5.74) is -3.32. The molecule has 9 heteroatoms. The molecule has 0 unspecified atom stereocenters. The molecule has 0 saturated heterocycles. The highest BCUT2D eigenvalue weighted by molar-refractivity contribution is 5.90. The van der Waals surface area contributed by atoms with Crippen LogP contribution in [-0.4, -0.2) is 40.2 Å². The lowest BCUT2D eigenvalue weighted by Crippen LogP contribution is -2.57. The maximum Gasteiger partial charge on any atom is 0.438 e. The van der Waals surface area contributed by atoms with E-state index in [1.54, 1.807) is 6.92 Å². The number of nitrogens with zero attached hydrogens (tertiary/aromatic N) is 2. The van der Waals surface area contributed by atoms with E-state index in [0.29, 0.717) is 0 Å². The number of amides is 1. The highest BCUT2D eigenvalue weighted by Crippen LogP contribution is 2.40. The standard InChI is InChI=1S/C14H14F4N2O3/c1-2-10-7-13(22,14(16,17)18)20(19-10)12(21)8-23-11-5-3-9(15)4-6-11/h3-6,22H,2,7-8H2,1H3/t13-/m0/s1. The van der Waals surface area contributed by atoms with Gasteiger partial charge in [0.25, 0.3) is 11.6 Å². The zero-order chi connectivity index (χ0) is 17.3. The van der Waals surface area contributed by atoms with Gasteiger partial charge in [-0.15, -0.1) is 0 Å². The number of hydrogen-bond acceptors (Lipinski definition) is 4. The molecule has 0 aromatic heterocycles. The van der Waals surface area contributed by atoms with E-state index in [0.717, 1.165) is 12.1 Å². The van der Waals surface area contributed by atoms with Crippen molar-refractivity contribution in [3.63, 3.8) is 0 Å². The van der Waals surface area contributed by atoms with Gasteiger partial charge in [-0.3, -0.25) is 4.79 Å². The number of aliphatic hydroxyl groups is 1. The van der Waals surface area contributed by atoms with Crippen molar-refractivity contribution in [2.45, 2.75) is 31.7 Å². The maximum atomic E-state index is 13.1. The Balaban J connectivity index is 2.12. The summed E-state index contributed by atoms with van der Waals surface area (Å²) in [6.07, 6.45) is -5.69. The summed E-state index contributed by atoms with van der Waals surface area (Å²) in [7, 11) is 0. The summed E-state index contributed by atoms with van der Waals surface area (Å²) in [4.78, 5) is 12.0. The first-order valence-corrected chi connectivity index (χ1v) is 6.74. The number of hydrogen-bond donors (Lipinski definition) is 1. The molecule has 0 spiro atoms. The van der Waals surface area contributed by atoms with Crippen molar-refractivity contribution < 1.29 is 32.2 Å². The first-order chi connectivity index (χ1) is 10.7. The van der Waals surface area contributed by atoms with E-state index in [9.17, 15) is 27.5 Å². The Hall–Kier alpha value is -2.16. The molecule has 1 aliphatic rings. The van der Waals surface area contributed by atoms with E-state index >= 15 is 0 Å². The van der Waals surface area contributed by atoms with Gasteiger partial charge < -0.3 is 9.84 Å². The number of ether oxygens (including phenoxy) is 1. The summed E-state index contributed by atoms with van der Waals surface area (Å²) in [6, 6.07) is 4.61. The Bertz CT molecular complexity index is 615. The second-order valence-corrected chi connectivity index (χ2v) is 4.96. The van der Waals surface area contributed by atoms with Gasteiger partial charge in [0.05, 0.1) is 0 Å². The van der Waals surface area contributed by atoms with Crippen LogP contribution in [0.15, 0.2) is 29.4 Å². The number of carbonyl (C=O) groups excluding carboxylic acids is 1. The molecule has 1 aliphatic heterocycles. The smallest absolute Gasteiger partial charge is 0.438 e. The van der Waals surface area contributed by atoms with Crippen molar-refractivity contribution in [1.29, 1.82) is 0 Å². The van der Waals surface area contributed by atoms with Crippen LogP contribution in [0, 0.1) is 5.82 Å². The Kier molecular flexibility index (Phi) is 4.60.